The molecular weight excluding hydrogens is 324 g/mol. The molecule has 1 saturated heterocycles. The minimum atomic E-state index is -0.327. The van der Waals surface area contributed by atoms with Gasteiger partial charge < -0.3 is 24.4 Å². The Hall–Kier alpha value is -2.28. The Bertz CT molecular complexity index is 619. The van der Waals surface area contributed by atoms with Crippen molar-refractivity contribution in [1.82, 2.24) is 10.2 Å². The lowest BCUT2D eigenvalue weighted by Crippen LogP contribution is -2.35. The second-order valence-electron chi connectivity index (χ2n) is 6.08. The number of amides is 2. The Morgan fingerprint density at radius 3 is 2.64 bits per heavy atom. The summed E-state index contributed by atoms with van der Waals surface area (Å²) in [6, 6.07) is 5.34. The summed E-state index contributed by atoms with van der Waals surface area (Å²) in [5.74, 6) is 0.807. The largest absolute Gasteiger partial charge is 0.493 e. The summed E-state index contributed by atoms with van der Waals surface area (Å²) in [6.45, 7) is 3.33. The number of hydrogen-bond acceptors (Lipinski definition) is 5. The van der Waals surface area contributed by atoms with Crippen molar-refractivity contribution in [3.05, 3.63) is 23.8 Å². The molecule has 2 amide bonds. The number of rotatable bonds is 8. The van der Waals surface area contributed by atoms with Crippen molar-refractivity contribution in [3.8, 4) is 11.5 Å². The van der Waals surface area contributed by atoms with Crippen LogP contribution in [0.5, 0.6) is 11.5 Å². The van der Waals surface area contributed by atoms with Gasteiger partial charge in [-0.25, -0.2) is 0 Å². The number of nitrogens with one attached hydrogen (secondary N) is 1. The van der Waals surface area contributed by atoms with Gasteiger partial charge in [0, 0.05) is 26.6 Å². The molecule has 2 atom stereocenters. The molecule has 1 aliphatic rings. The van der Waals surface area contributed by atoms with Gasteiger partial charge in [-0.2, -0.15) is 0 Å². The first-order valence-corrected chi connectivity index (χ1v) is 8.29. The quantitative estimate of drug-likeness (QED) is 0.766. The second kappa shape index (κ2) is 8.71. The summed E-state index contributed by atoms with van der Waals surface area (Å²) in [5, 5.41) is 2.98. The van der Waals surface area contributed by atoms with Crippen LogP contribution < -0.4 is 14.8 Å². The average Bonchev–Trinajstić information content (AvgIpc) is 3.00. The molecule has 7 nitrogen and oxygen atoms in total. The molecule has 1 heterocycles. The summed E-state index contributed by atoms with van der Waals surface area (Å²) in [5.41, 5.74) is 0.909. The van der Waals surface area contributed by atoms with Crippen molar-refractivity contribution in [1.29, 1.82) is 0 Å². The van der Waals surface area contributed by atoms with Gasteiger partial charge in [-0.3, -0.25) is 9.59 Å². The van der Waals surface area contributed by atoms with Crippen LogP contribution in [0.4, 0.5) is 0 Å². The maximum atomic E-state index is 12.5. The highest BCUT2D eigenvalue weighted by Crippen LogP contribution is 2.30. The normalized spacial score (nSPS) is 18.2. The molecule has 138 valence electrons. The summed E-state index contributed by atoms with van der Waals surface area (Å²) in [6.07, 6.45) is 0.244. The lowest BCUT2D eigenvalue weighted by molar-refractivity contribution is -0.129. The van der Waals surface area contributed by atoms with E-state index in [0.29, 0.717) is 31.2 Å². The number of nitrogens with zero attached hydrogens (tertiary/aromatic N) is 1. The zero-order valence-electron chi connectivity index (χ0n) is 15.2. The van der Waals surface area contributed by atoms with Gasteiger partial charge in [-0.15, -0.1) is 0 Å². The maximum absolute atomic E-state index is 12.5. The molecule has 0 bridgehead atoms. The summed E-state index contributed by atoms with van der Waals surface area (Å²) >= 11 is 0. The van der Waals surface area contributed by atoms with E-state index in [1.54, 1.807) is 26.2 Å². The van der Waals surface area contributed by atoms with E-state index >= 15 is 0 Å². The summed E-state index contributed by atoms with van der Waals surface area (Å²) < 4.78 is 15.5. The van der Waals surface area contributed by atoms with Crippen LogP contribution in [0.2, 0.25) is 0 Å². The van der Waals surface area contributed by atoms with Crippen molar-refractivity contribution < 1.29 is 23.8 Å². The molecule has 0 spiro atoms. The van der Waals surface area contributed by atoms with Crippen molar-refractivity contribution in [2.24, 2.45) is 5.92 Å². The number of ether oxygens (including phenoxy) is 3. The highest BCUT2D eigenvalue weighted by Gasteiger charge is 2.34. The lowest BCUT2D eigenvalue weighted by Gasteiger charge is -2.19. The van der Waals surface area contributed by atoms with Crippen LogP contribution in [-0.4, -0.2) is 57.7 Å². The Kier molecular flexibility index (Phi) is 6.64. The fourth-order valence-electron chi connectivity index (χ4n) is 2.90. The van der Waals surface area contributed by atoms with Crippen LogP contribution in [0.25, 0.3) is 0 Å². The van der Waals surface area contributed by atoms with Gasteiger partial charge in [-0.05, 0) is 24.6 Å². The number of methoxy groups -OCH3 is 3. The Balaban J connectivity index is 1.97. The molecule has 1 aliphatic heterocycles. The first kappa shape index (κ1) is 19.1. The first-order chi connectivity index (χ1) is 12.0. The third kappa shape index (κ3) is 4.63. The van der Waals surface area contributed by atoms with E-state index in [1.807, 2.05) is 25.1 Å². The fourth-order valence-corrected chi connectivity index (χ4v) is 2.90. The van der Waals surface area contributed by atoms with E-state index in [4.69, 9.17) is 14.2 Å². The highest BCUT2D eigenvalue weighted by atomic mass is 16.5. The van der Waals surface area contributed by atoms with E-state index < -0.39 is 0 Å². The molecule has 7 heteroatoms. The van der Waals surface area contributed by atoms with Crippen molar-refractivity contribution >= 4 is 11.8 Å². The Labute approximate surface area is 148 Å². The third-order valence-electron chi connectivity index (χ3n) is 4.42. The van der Waals surface area contributed by atoms with Crippen LogP contribution in [0.15, 0.2) is 18.2 Å². The van der Waals surface area contributed by atoms with Gasteiger partial charge in [0.25, 0.3) is 0 Å². The van der Waals surface area contributed by atoms with E-state index in [1.165, 1.54) is 0 Å². The van der Waals surface area contributed by atoms with Gasteiger partial charge in [0.05, 0.1) is 32.8 Å². The minimum Gasteiger partial charge on any atom is -0.493 e. The van der Waals surface area contributed by atoms with Gasteiger partial charge in [-0.1, -0.05) is 6.07 Å². The van der Waals surface area contributed by atoms with Crippen molar-refractivity contribution in [2.45, 2.75) is 19.4 Å². The molecule has 1 aromatic carbocycles. The molecule has 0 radical (unpaired) electrons. The molecule has 25 heavy (non-hydrogen) atoms. The standard InChI is InChI=1S/C18H26N2O5/c1-12(13-5-6-15(24-3)16(9-13)25-4)19-18(22)14-10-17(21)20(11-14)7-8-23-2/h5-6,9,12,14H,7-8,10-11H2,1-4H3,(H,19,22). The predicted molar refractivity (Wildman–Crippen MR) is 92.7 cm³/mol. The van der Waals surface area contributed by atoms with Gasteiger partial charge in [0.15, 0.2) is 11.5 Å². The molecule has 1 fully saturated rings. The number of benzene rings is 1. The third-order valence-corrected chi connectivity index (χ3v) is 4.42. The molecule has 0 aromatic heterocycles. The first-order valence-electron chi connectivity index (χ1n) is 8.29. The van der Waals surface area contributed by atoms with Crippen LogP contribution >= 0.6 is 0 Å². The molecule has 0 saturated carbocycles. The van der Waals surface area contributed by atoms with Crippen molar-refractivity contribution in [2.75, 3.05) is 41.0 Å². The average molecular weight is 350 g/mol. The van der Waals surface area contributed by atoms with Gasteiger partial charge in [0.1, 0.15) is 0 Å². The number of likely N-dealkylation sites (tertiary alicyclic amines) is 1. The highest BCUT2D eigenvalue weighted by molar-refractivity contribution is 5.89. The SMILES string of the molecule is COCCN1CC(C(=O)NC(C)c2ccc(OC)c(OC)c2)CC1=O. The van der Waals surface area contributed by atoms with E-state index in [9.17, 15) is 9.59 Å². The summed E-state index contributed by atoms with van der Waals surface area (Å²) in [7, 11) is 4.74. The zero-order valence-corrected chi connectivity index (χ0v) is 15.2. The van der Waals surface area contributed by atoms with E-state index in [-0.39, 0.29) is 30.2 Å². The smallest absolute Gasteiger partial charge is 0.225 e. The zero-order chi connectivity index (χ0) is 18.4. The number of carbonyl (C=O) groups is 2. The molecule has 1 aromatic rings. The second-order valence-corrected chi connectivity index (χ2v) is 6.08. The minimum absolute atomic E-state index is 0.00373. The van der Waals surface area contributed by atoms with E-state index in [2.05, 4.69) is 5.32 Å². The molecule has 0 aliphatic carbocycles. The van der Waals surface area contributed by atoms with Crippen LogP contribution in [-0.2, 0) is 14.3 Å². The van der Waals surface area contributed by atoms with Gasteiger partial charge in [0.2, 0.25) is 11.8 Å². The van der Waals surface area contributed by atoms with Crippen LogP contribution in [0, 0.1) is 5.92 Å². The number of hydrogen-bond donors (Lipinski definition) is 1. The van der Waals surface area contributed by atoms with Gasteiger partial charge >= 0.3 is 0 Å². The monoisotopic (exact) mass is 350 g/mol. The van der Waals surface area contributed by atoms with Crippen LogP contribution in [0.1, 0.15) is 24.9 Å². The molecule has 2 unspecified atom stereocenters. The summed E-state index contributed by atoms with van der Waals surface area (Å²) in [4.78, 5) is 26.1. The molecule has 2 rings (SSSR count). The Morgan fingerprint density at radius 1 is 1.28 bits per heavy atom. The van der Waals surface area contributed by atoms with Crippen molar-refractivity contribution in [3.63, 3.8) is 0 Å². The topological polar surface area (TPSA) is 77.1 Å². The van der Waals surface area contributed by atoms with E-state index in [0.717, 1.165) is 5.56 Å². The Morgan fingerprint density at radius 2 is 2.00 bits per heavy atom. The molecule has 1 N–H and O–H groups in total. The lowest BCUT2D eigenvalue weighted by atomic mass is 10.0. The maximum Gasteiger partial charge on any atom is 0.225 e. The van der Waals surface area contributed by atoms with Crippen LogP contribution in [0.3, 0.4) is 0 Å². The number of carbonyl (C=O) groups excluding carboxylic acids is 2. The molecular formula is C18H26N2O5. The fraction of sp³-hybridized carbons (Fsp3) is 0.556. The predicted octanol–water partition coefficient (Wildman–Crippen LogP) is 1.38.